The van der Waals surface area contributed by atoms with Crippen LogP contribution in [0.25, 0.3) is 46.4 Å². The molecule has 6 heterocycles. The van der Waals surface area contributed by atoms with Gasteiger partial charge in [-0.1, -0.05) is 0 Å². The summed E-state index contributed by atoms with van der Waals surface area (Å²) in [5, 5.41) is 0. The van der Waals surface area contributed by atoms with E-state index in [0.717, 1.165) is 51.1 Å². The fraction of sp³-hybridized carbons (Fsp3) is 0. The third kappa shape index (κ3) is 4.43. The lowest BCUT2D eigenvalue weighted by Gasteiger charge is -1.85. The Morgan fingerprint density at radius 3 is 1.32 bits per heavy atom. The molecule has 0 saturated heterocycles. The van der Waals surface area contributed by atoms with E-state index in [1.54, 1.807) is 18.5 Å². The number of aromatic amines is 3. The van der Waals surface area contributed by atoms with E-state index in [9.17, 15) is 4.79 Å². The lowest BCUT2D eigenvalue weighted by Crippen LogP contribution is -1.75. The van der Waals surface area contributed by atoms with Crippen LogP contribution in [0.15, 0.2) is 67.0 Å². The van der Waals surface area contributed by atoms with Gasteiger partial charge in [-0.3, -0.25) is 4.79 Å². The van der Waals surface area contributed by atoms with E-state index in [2.05, 4.69) is 49.2 Å². The molecule has 2 aliphatic heterocycles. The number of aromatic nitrogens is 5. The molecular formula is C25H19N5O. The summed E-state index contributed by atoms with van der Waals surface area (Å²) in [6.07, 6.45) is 12.3. The lowest BCUT2D eigenvalue weighted by molar-refractivity contribution is 0.112. The van der Waals surface area contributed by atoms with Gasteiger partial charge in [-0.2, -0.15) is 0 Å². The number of nitrogens with zero attached hydrogens (tertiary/aromatic N) is 2. The Morgan fingerprint density at radius 2 is 1.03 bits per heavy atom. The second-order valence-corrected chi connectivity index (χ2v) is 7.17. The Morgan fingerprint density at radius 1 is 0.613 bits per heavy atom. The first-order chi connectivity index (χ1) is 15.2. The van der Waals surface area contributed by atoms with Gasteiger partial charge in [0.1, 0.15) is 0 Å². The van der Waals surface area contributed by atoms with Crippen LogP contribution in [0, 0.1) is 0 Å². The molecule has 0 fully saturated rings. The molecule has 6 heteroatoms. The number of H-pyrrole nitrogens is 3. The summed E-state index contributed by atoms with van der Waals surface area (Å²) in [6.45, 7) is 0. The normalized spacial score (nSPS) is 11.7. The molecule has 0 aliphatic carbocycles. The molecule has 0 aromatic carbocycles. The molecule has 0 atom stereocenters. The maximum atomic E-state index is 9.85. The van der Waals surface area contributed by atoms with Crippen LogP contribution in [0.3, 0.4) is 0 Å². The summed E-state index contributed by atoms with van der Waals surface area (Å²) >= 11 is 0. The summed E-state index contributed by atoms with van der Waals surface area (Å²) in [7, 11) is 0. The summed E-state index contributed by atoms with van der Waals surface area (Å²) < 4.78 is 0. The number of rotatable bonds is 1. The van der Waals surface area contributed by atoms with Gasteiger partial charge in [-0.25, -0.2) is 9.97 Å². The van der Waals surface area contributed by atoms with Crippen molar-refractivity contribution in [3.8, 4) is 0 Å². The molecule has 6 rings (SSSR count). The van der Waals surface area contributed by atoms with Crippen LogP contribution >= 0.6 is 0 Å². The van der Waals surface area contributed by atoms with Gasteiger partial charge in [0.25, 0.3) is 0 Å². The second kappa shape index (κ2) is 8.12. The fourth-order valence-electron chi connectivity index (χ4n) is 3.35. The molecule has 0 radical (unpaired) electrons. The summed E-state index contributed by atoms with van der Waals surface area (Å²) in [5.74, 6) is 0. The van der Waals surface area contributed by atoms with E-state index in [-0.39, 0.29) is 0 Å². The maximum Gasteiger partial charge on any atom is 0.151 e. The van der Waals surface area contributed by atoms with E-state index in [4.69, 9.17) is 0 Å². The number of nitrogens with one attached hydrogen (secondary N) is 3. The minimum atomic E-state index is 0.694. The molecule has 0 saturated carbocycles. The van der Waals surface area contributed by atoms with E-state index >= 15 is 0 Å². The first-order valence-electron chi connectivity index (χ1n) is 9.86. The number of hydrogen-bond acceptors (Lipinski definition) is 3. The molecule has 150 valence electrons. The minimum absolute atomic E-state index is 0.694. The molecule has 8 bridgehead atoms. The van der Waals surface area contributed by atoms with Crippen LogP contribution in [-0.2, 0) is 0 Å². The van der Waals surface area contributed by atoms with Crippen molar-refractivity contribution >= 4 is 52.7 Å². The highest BCUT2D eigenvalue weighted by Crippen LogP contribution is 2.16. The monoisotopic (exact) mass is 405 g/mol. The smallest absolute Gasteiger partial charge is 0.151 e. The van der Waals surface area contributed by atoms with Crippen molar-refractivity contribution in [1.29, 1.82) is 0 Å². The number of carbonyl (C=O) groups is 1. The summed E-state index contributed by atoms with van der Waals surface area (Å²) in [4.78, 5) is 28.6. The quantitative estimate of drug-likeness (QED) is 0.316. The average molecular weight is 405 g/mol. The van der Waals surface area contributed by atoms with Gasteiger partial charge in [0.15, 0.2) is 6.29 Å². The van der Waals surface area contributed by atoms with E-state index in [1.807, 2.05) is 48.6 Å². The van der Waals surface area contributed by atoms with Crippen LogP contribution in [-0.4, -0.2) is 31.2 Å². The second-order valence-electron chi connectivity index (χ2n) is 7.17. The Bertz CT molecular complexity index is 1280. The Hall–Kier alpha value is -4.45. The van der Waals surface area contributed by atoms with Gasteiger partial charge in [-0.15, -0.1) is 0 Å². The van der Waals surface area contributed by atoms with Gasteiger partial charge in [0.05, 0.1) is 22.8 Å². The number of carbonyl (C=O) groups excluding carboxylic acids is 1. The Labute approximate surface area is 178 Å². The van der Waals surface area contributed by atoms with Crippen molar-refractivity contribution in [1.82, 2.24) is 24.9 Å². The minimum Gasteiger partial charge on any atom is -0.367 e. The van der Waals surface area contributed by atoms with Gasteiger partial charge < -0.3 is 15.0 Å². The van der Waals surface area contributed by atoms with Gasteiger partial charge in [0.2, 0.25) is 0 Å². The van der Waals surface area contributed by atoms with Crippen LogP contribution in [0.2, 0.25) is 0 Å². The highest BCUT2D eigenvalue weighted by Gasteiger charge is 2.01. The number of fused-ring (bicyclic) bond motifs is 8. The Kier molecular flexibility index (Phi) is 4.86. The van der Waals surface area contributed by atoms with Gasteiger partial charge in [0, 0.05) is 40.0 Å². The van der Waals surface area contributed by atoms with Crippen molar-refractivity contribution in [3.63, 3.8) is 0 Å². The predicted molar refractivity (Wildman–Crippen MR) is 125 cm³/mol. The van der Waals surface area contributed by atoms with Crippen LogP contribution in [0.1, 0.15) is 33.1 Å². The molecule has 3 N–H and O–H groups in total. The third-order valence-electron chi connectivity index (χ3n) is 4.80. The van der Waals surface area contributed by atoms with Crippen molar-refractivity contribution in [2.75, 3.05) is 0 Å². The number of aldehydes is 1. The molecule has 0 amide bonds. The van der Waals surface area contributed by atoms with E-state index in [0.29, 0.717) is 5.56 Å². The zero-order chi connectivity index (χ0) is 21.0. The van der Waals surface area contributed by atoms with Crippen molar-refractivity contribution in [2.45, 2.75) is 0 Å². The standard InChI is InChI=1S/C20H14N4.C5H5NO/c1-2-14-10-16-5-6-18(23-16)12-20-8-7-19(24-20)11-17-4-3-15(22-17)9-13(1)21-14;7-4-5-1-2-6-3-5/h1-12,21,24H;1-4,6H. The molecule has 4 aromatic rings. The SMILES string of the molecule is C1=Cc2cc3ccc(cc4nc(cc5ccc(cc1n2)[nH]5)C=C4)[nH]3.O=Cc1cc[nH]c1. The highest BCUT2D eigenvalue weighted by atomic mass is 16.1. The maximum absolute atomic E-state index is 9.85. The van der Waals surface area contributed by atoms with Gasteiger partial charge in [-0.05, 0) is 78.9 Å². The highest BCUT2D eigenvalue weighted by molar-refractivity contribution is 5.77. The largest absolute Gasteiger partial charge is 0.367 e. The first kappa shape index (κ1) is 18.6. The third-order valence-corrected chi connectivity index (χ3v) is 4.80. The van der Waals surface area contributed by atoms with Gasteiger partial charge >= 0.3 is 0 Å². The molecule has 31 heavy (non-hydrogen) atoms. The van der Waals surface area contributed by atoms with Crippen molar-refractivity contribution in [2.24, 2.45) is 0 Å². The van der Waals surface area contributed by atoms with Crippen LogP contribution in [0.5, 0.6) is 0 Å². The zero-order valence-corrected chi connectivity index (χ0v) is 16.5. The zero-order valence-electron chi connectivity index (χ0n) is 16.5. The molecule has 6 nitrogen and oxygen atoms in total. The Balaban J connectivity index is 0.000000250. The van der Waals surface area contributed by atoms with Crippen LogP contribution < -0.4 is 0 Å². The topological polar surface area (TPSA) is 90.2 Å². The molecule has 2 aliphatic rings. The van der Waals surface area contributed by atoms with Crippen molar-refractivity contribution < 1.29 is 4.79 Å². The van der Waals surface area contributed by atoms with Crippen molar-refractivity contribution in [3.05, 3.63) is 95.3 Å². The summed E-state index contributed by atoms with van der Waals surface area (Å²) in [5.41, 5.74) is 8.55. The lowest BCUT2D eigenvalue weighted by atomic mass is 10.3. The fourth-order valence-corrected chi connectivity index (χ4v) is 3.35. The summed E-state index contributed by atoms with van der Waals surface area (Å²) in [6, 6.07) is 18.1. The first-order valence-corrected chi connectivity index (χ1v) is 9.86. The predicted octanol–water partition coefficient (Wildman–Crippen LogP) is 5.48. The average Bonchev–Trinajstić information content (AvgIpc) is 3.57. The molecule has 0 unspecified atom stereocenters. The van der Waals surface area contributed by atoms with Crippen LogP contribution in [0.4, 0.5) is 0 Å². The molecule has 0 spiro atoms. The van der Waals surface area contributed by atoms with E-state index < -0.39 is 0 Å². The molecule has 4 aromatic heterocycles. The van der Waals surface area contributed by atoms with E-state index in [1.165, 1.54) is 0 Å². The number of hydrogen-bond donors (Lipinski definition) is 3. The molecular weight excluding hydrogens is 386 g/mol.